The minimum atomic E-state index is -0.198. The molecule has 1 amide bonds. The zero-order chi connectivity index (χ0) is 16.1. The van der Waals surface area contributed by atoms with Crippen molar-refractivity contribution in [2.75, 3.05) is 26.9 Å². The summed E-state index contributed by atoms with van der Waals surface area (Å²) < 4.78 is 12.5. The van der Waals surface area contributed by atoms with E-state index in [0.717, 1.165) is 18.7 Å². The largest absolute Gasteiger partial charge is 0.375 e. The van der Waals surface area contributed by atoms with Crippen LogP contribution in [0.15, 0.2) is 36.5 Å². The number of hydrogen-bond acceptors (Lipinski definition) is 4. The lowest BCUT2D eigenvalue weighted by Gasteiger charge is -2.22. The zero-order valence-corrected chi connectivity index (χ0v) is 13.2. The topological polar surface area (TPSA) is 65.4 Å². The Bertz CT molecular complexity index is 654. The van der Waals surface area contributed by atoms with Crippen LogP contribution in [0.2, 0.25) is 0 Å². The Morgan fingerprint density at radius 2 is 2.26 bits per heavy atom. The molecular formula is C17H21N3O3. The highest BCUT2D eigenvalue weighted by atomic mass is 16.5. The number of carbonyl (C=O) groups is 1. The summed E-state index contributed by atoms with van der Waals surface area (Å²) in [6.07, 6.45) is 2.73. The molecule has 6 nitrogen and oxygen atoms in total. The second kappa shape index (κ2) is 7.39. The molecule has 6 heteroatoms. The Labute approximate surface area is 135 Å². The van der Waals surface area contributed by atoms with Crippen LogP contribution in [0, 0.1) is 0 Å². The molecular weight excluding hydrogens is 294 g/mol. The number of benzene rings is 1. The summed E-state index contributed by atoms with van der Waals surface area (Å²) in [5.41, 5.74) is 3.32. The van der Waals surface area contributed by atoms with Crippen LogP contribution in [0.1, 0.15) is 22.9 Å². The molecule has 1 atom stereocenters. The number of methoxy groups -OCH3 is 1. The molecule has 0 saturated heterocycles. The molecule has 2 heterocycles. The highest BCUT2D eigenvalue weighted by molar-refractivity contribution is 5.77. The first-order valence-corrected chi connectivity index (χ1v) is 7.73. The molecule has 2 aromatic rings. The lowest BCUT2D eigenvalue weighted by molar-refractivity contribution is -0.125. The van der Waals surface area contributed by atoms with E-state index in [2.05, 4.69) is 28.7 Å². The van der Waals surface area contributed by atoms with Crippen LogP contribution in [0.4, 0.5) is 0 Å². The predicted molar refractivity (Wildman–Crippen MR) is 85.1 cm³/mol. The van der Waals surface area contributed by atoms with Gasteiger partial charge in [-0.1, -0.05) is 30.3 Å². The van der Waals surface area contributed by atoms with Crippen LogP contribution >= 0.6 is 0 Å². The van der Waals surface area contributed by atoms with Crippen molar-refractivity contribution in [3.63, 3.8) is 0 Å². The highest BCUT2D eigenvalue weighted by Crippen LogP contribution is 2.25. The molecule has 0 fully saturated rings. The Morgan fingerprint density at radius 3 is 3.04 bits per heavy atom. The number of hydrogen-bond donors (Lipinski definition) is 1. The third-order valence-electron chi connectivity index (χ3n) is 3.81. The maximum absolute atomic E-state index is 11.5. The summed E-state index contributed by atoms with van der Waals surface area (Å²) in [7, 11) is 1.50. The van der Waals surface area contributed by atoms with Gasteiger partial charge in [-0.3, -0.25) is 9.48 Å². The van der Waals surface area contributed by atoms with Gasteiger partial charge in [-0.2, -0.15) is 5.10 Å². The summed E-state index contributed by atoms with van der Waals surface area (Å²) in [6, 6.07) is 10.2. The second-order valence-electron chi connectivity index (χ2n) is 5.57. The Kier molecular flexibility index (Phi) is 5.05. The molecule has 1 unspecified atom stereocenters. The van der Waals surface area contributed by atoms with Gasteiger partial charge in [0.2, 0.25) is 5.91 Å². The quantitative estimate of drug-likeness (QED) is 0.873. The summed E-state index contributed by atoms with van der Waals surface area (Å²) in [6.45, 7) is 1.85. The third-order valence-corrected chi connectivity index (χ3v) is 3.81. The van der Waals surface area contributed by atoms with Crippen molar-refractivity contribution < 1.29 is 14.3 Å². The normalized spacial score (nSPS) is 16.8. The van der Waals surface area contributed by atoms with Gasteiger partial charge in [-0.05, 0) is 17.5 Å². The number of fused-ring (bicyclic) bond motifs is 1. The van der Waals surface area contributed by atoms with Crippen LogP contribution in [-0.4, -0.2) is 42.6 Å². The van der Waals surface area contributed by atoms with Crippen molar-refractivity contribution in [3.05, 3.63) is 53.3 Å². The molecule has 0 aliphatic carbocycles. The van der Waals surface area contributed by atoms with Crippen molar-refractivity contribution in [2.45, 2.75) is 19.1 Å². The summed E-state index contributed by atoms with van der Waals surface area (Å²) >= 11 is 0. The number of amides is 1. The fraction of sp³-hybridized carbons (Fsp3) is 0.412. The third kappa shape index (κ3) is 3.97. The van der Waals surface area contributed by atoms with Gasteiger partial charge >= 0.3 is 0 Å². The fourth-order valence-electron chi connectivity index (χ4n) is 2.73. The van der Waals surface area contributed by atoms with Crippen molar-refractivity contribution >= 4 is 5.91 Å². The maximum atomic E-state index is 11.5. The van der Waals surface area contributed by atoms with Crippen molar-refractivity contribution in [2.24, 2.45) is 0 Å². The number of nitrogens with zero attached hydrogens (tertiary/aromatic N) is 2. The average Bonchev–Trinajstić information content (AvgIpc) is 2.97. The summed E-state index contributed by atoms with van der Waals surface area (Å²) in [5, 5.41) is 7.48. The predicted octanol–water partition coefficient (Wildman–Crippen LogP) is 1.31. The minimum absolute atomic E-state index is 0.0576. The highest BCUT2D eigenvalue weighted by Gasteiger charge is 2.25. The molecule has 1 N–H and O–H groups in total. The lowest BCUT2D eigenvalue weighted by Crippen LogP contribution is -2.33. The van der Waals surface area contributed by atoms with E-state index >= 15 is 0 Å². The van der Waals surface area contributed by atoms with E-state index in [1.54, 1.807) is 0 Å². The first-order chi connectivity index (χ1) is 11.3. The molecule has 3 rings (SSSR count). The van der Waals surface area contributed by atoms with Crippen LogP contribution in [0.3, 0.4) is 0 Å². The molecule has 0 bridgehead atoms. The van der Waals surface area contributed by atoms with Crippen LogP contribution in [0.25, 0.3) is 0 Å². The van der Waals surface area contributed by atoms with Crippen LogP contribution in [-0.2, 0) is 27.2 Å². The SMILES string of the molecule is COCC(=O)NCC1OCCc2cn(Cc3ccccc3)nc21. The number of nitrogens with one attached hydrogen (secondary N) is 1. The maximum Gasteiger partial charge on any atom is 0.246 e. The van der Waals surface area contributed by atoms with Gasteiger partial charge in [0, 0.05) is 19.9 Å². The average molecular weight is 315 g/mol. The van der Waals surface area contributed by atoms with E-state index in [-0.39, 0.29) is 18.6 Å². The van der Waals surface area contributed by atoms with Gasteiger partial charge in [-0.15, -0.1) is 0 Å². The van der Waals surface area contributed by atoms with E-state index in [4.69, 9.17) is 9.47 Å². The van der Waals surface area contributed by atoms with Gasteiger partial charge < -0.3 is 14.8 Å². The Balaban J connectivity index is 1.68. The van der Waals surface area contributed by atoms with Gasteiger partial charge in [-0.25, -0.2) is 0 Å². The van der Waals surface area contributed by atoms with Gasteiger partial charge in [0.05, 0.1) is 18.8 Å². The lowest BCUT2D eigenvalue weighted by atomic mass is 10.1. The van der Waals surface area contributed by atoms with E-state index in [1.807, 2.05) is 22.9 Å². The minimum Gasteiger partial charge on any atom is -0.375 e. The fourth-order valence-corrected chi connectivity index (χ4v) is 2.73. The van der Waals surface area contributed by atoms with E-state index < -0.39 is 0 Å². The number of carbonyl (C=O) groups excluding carboxylic acids is 1. The molecule has 1 aliphatic heterocycles. The van der Waals surface area contributed by atoms with Gasteiger partial charge in [0.1, 0.15) is 12.7 Å². The first-order valence-electron chi connectivity index (χ1n) is 7.73. The molecule has 0 saturated carbocycles. The van der Waals surface area contributed by atoms with E-state index in [0.29, 0.717) is 13.2 Å². The zero-order valence-electron chi connectivity index (χ0n) is 13.2. The molecule has 0 radical (unpaired) electrons. The van der Waals surface area contributed by atoms with Crippen molar-refractivity contribution in [1.82, 2.24) is 15.1 Å². The molecule has 1 aromatic heterocycles. The van der Waals surface area contributed by atoms with Crippen LogP contribution in [0.5, 0.6) is 0 Å². The number of aromatic nitrogens is 2. The summed E-state index contributed by atoms with van der Waals surface area (Å²) in [4.78, 5) is 11.5. The Morgan fingerprint density at radius 1 is 1.43 bits per heavy atom. The monoisotopic (exact) mass is 315 g/mol. The van der Waals surface area contributed by atoms with Gasteiger partial charge in [0.25, 0.3) is 0 Å². The first kappa shape index (κ1) is 15.7. The van der Waals surface area contributed by atoms with E-state index in [9.17, 15) is 4.79 Å². The smallest absolute Gasteiger partial charge is 0.246 e. The molecule has 23 heavy (non-hydrogen) atoms. The van der Waals surface area contributed by atoms with Crippen LogP contribution < -0.4 is 5.32 Å². The molecule has 1 aromatic carbocycles. The Hall–Kier alpha value is -2.18. The number of ether oxygens (including phenoxy) is 2. The molecule has 0 spiro atoms. The van der Waals surface area contributed by atoms with Crippen molar-refractivity contribution in [3.8, 4) is 0 Å². The van der Waals surface area contributed by atoms with Crippen molar-refractivity contribution in [1.29, 1.82) is 0 Å². The number of rotatable bonds is 6. The standard InChI is InChI=1S/C17H21N3O3/c1-22-12-16(21)18-9-15-17-14(7-8-23-15)11-20(19-17)10-13-5-3-2-4-6-13/h2-6,11,15H,7-10,12H2,1H3,(H,18,21). The second-order valence-corrected chi connectivity index (χ2v) is 5.57. The van der Waals surface area contributed by atoms with E-state index in [1.165, 1.54) is 18.2 Å². The summed E-state index contributed by atoms with van der Waals surface area (Å²) in [5.74, 6) is -0.146. The molecule has 1 aliphatic rings. The van der Waals surface area contributed by atoms with Gasteiger partial charge in [0.15, 0.2) is 0 Å². The molecule has 122 valence electrons.